The van der Waals surface area contributed by atoms with Gasteiger partial charge >= 0.3 is 0 Å². The molecule has 9 aromatic carbocycles. The predicted octanol–water partition coefficient (Wildman–Crippen LogP) is 18.2. The zero-order chi connectivity index (χ0) is 97.7. The number of nitrogens with one attached hydrogen (secondary N) is 15. The highest BCUT2D eigenvalue weighted by atomic mass is 35.5. The smallest absolute Gasteiger partial charge is 0.261 e. The average Bonchev–Trinajstić information content (AvgIpc) is 1.67. The van der Waals surface area contributed by atoms with Crippen molar-refractivity contribution in [3.63, 3.8) is 0 Å². The summed E-state index contributed by atoms with van der Waals surface area (Å²) < 4.78 is 89.2. The number of imidazole rings is 5. The molecule has 2 saturated heterocycles. The number of hydrogen-bond donors (Lipinski definition) is 15. The second kappa shape index (κ2) is 42.6. The van der Waals surface area contributed by atoms with Crippen molar-refractivity contribution < 1.29 is 55.1 Å². The van der Waals surface area contributed by atoms with Crippen LogP contribution in [-0.4, -0.2) is 209 Å². The second-order valence-corrected chi connectivity index (χ2v) is 33.2. The zero-order valence-electron chi connectivity index (χ0n) is 74.7. The maximum Gasteiger partial charge on any atom is 0.261 e. The lowest BCUT2D eigenvalue weighted by atomic mass is 10.1. The molecule has 22 rings (SSSR count). The van der Waals surface area contributed by atoms with Gasteiger partial charge in [-0.1, -0.05) is 114 Å². The number of morpholine rings is 1. The molecular formula is C98H83Cl2F6N29O6. The summed E-state index contributed by atoms with van der Waals surface area (Å²) in [5.74, 6) is -5.38. The van der Waals surface area contributed by atoms with E-state index in [0.29, 0.717) is 83.3 Å². The molecule has 2 fully saturated rings. The van der Waals surface area contributed by atoms with Crippen LogP contribution in [0.15, 0.2) is 231 Å². The zero-order valence-corrected chi connectivity index (χ0v) is 76.2. The van der Waals surface area contributed by atoms with Gasteiger partial charge in [0.1, 0.15) is 91.7 Å². The number of aryl methyl sites for hydroxylation is 1. The Kier molecular flexibility index (Phi) is 28.5. The number of aromatic amines is 10. The van der Waals surface area contributed by atoms with Gasteiger partial charge in [-0.05, 0) is 140 Å². The third kappa shape index (κ3) is 21.7. The quantitative estimate of drug-likeness (QED) is 0.0280. The Bertz CT molecular complexity index is 7800. The number of nitrogens with zero attached hydrogens (tertiary/aromatic N) is 14. The molecule has 0 radical (unpaired) electrons. The number of piperazine rings is 1. The Morgan fingerprint density at radius 1 is 0.362 bits per heavy atom. The van der Waals surface area contributed by atoms with Crippen molar-refractivity contribution in [2.24, 2.45) is 0 Å². The number of para-hydroxylation sites is 7. The van der Waals surface area contributed by atoms with Crippen LogP contribution in [0.1, 0.15) is 71.5 Å². The van der Waals surface area contributed by atoms with Crippen LogP contribution < -0.4 is 26.6 Å². The van der Waals surface area contributed by atoms with E-state index < -0.39 is 75.2 Å². The molecular weight excluding hydrogens is 1860 g/mol. The number of halogens is 8. The maximum absolute atomic E-state index is 14.0. The topological polar surface area (TPSA) is 464 Å². The number of ketones is 1. The fourth-order valence-electron chi connectivity index (χ4n) is 15.8. The van der Waals surface area contributed by atoms with Crippen LogP contribution in [0.2, 0.25) is 10.0 Å². The Morgan fingerprint density at radius 3 is 1.08 bits per heavy atom. The first kappa shape index (κ1) is 94.2. The van der Waals surface area contributed by atoms with Crippen LogP contribution in [0.5, 0.6) is 0 Å². The lowest BCUT2D eigenvalue weighted by molar-refractivity contribution is -0.117. The summed E-state index contributed by atoms with van der Waals surface area (Å²) >= 11 is 12.2. The van der Waals surface area contributed by atoms with E-state index in [9.17, 15) is 50.3 Å². The van der Waals surface area contributed by atoms with Crippen LogP contribution in [0.25, 0.3) is 113 Å². The number of amides is 4. The SMILES string of the molecule is CC(=O)CCc1cccc2[nH]c(-c3[nH]ncc3NC(=O)c3c(F)cccc3F)nc12.CN1CCN(Cc2cccc3[nH]c(-c4[nH]ncc4NC(=O)c4c(F)cccc4F)nc23)CC1.O=C(Nc1cn[nH]c1-c1nc2c(CN3CCOCC3)cccc2[nH]1)c1c(F)cccc1F.O=C(Nc1cn[nH]c1-c1nc2ccccc2[nH]1)c1c(Cl)cccc1Cl.c1ccc(Nc2cn[nH]c2-c2nc3ccccc3[nH]2)nc1. The largest absolute Gasteiger partial charge is 0.379 e. The normalized spacial score (nSPS) is 12.8. The van der Waals surface area contributed by atoms with Crippen LogP contribution >= 0.6 is 23.2 Å². The number of H-pyrrole nitrogens is 10. The lowest BCUT2D eigenvalue weighted by Gasteiger charge is -2.32. The van der Waals surface area contributed by atoms with Gasteiger partial charge in [-0.15, -0.1) is 0 Å². The molecule has 0 spiro atoms. The van der Waals surface area contributed by atoms with Crippen LogP contribution in [0.4, 0.5) is 60.6 Å². The third-order valence-corrected chi connectivity index (χ3v) is 23.5. The predicted molar refractivity (Wildman–Crippen MR) is 521 cm³/mol. The van der Waals surface area contributed by atoms with E-state index in [2.05, 4.69) is 150 Å². The van der Waals surface area contributed by atoms with E-state index in [4.69, 9.17) is 37.9 Å². The molecule has 43 heteroatoms. The van der Waals surface area contributed by atoms with E-state index in [1.54, 1.807) is 30.6 Å². The van der Waals surface area contributed by atoms with E-state index in [-0.39, 0.29) is 38.5 Å². The summed E-state index contributed by atoms with van der Waals surface area (Å²) in [6.45, 7) is 10.2. The highest BCUT2D eigenvalue weighted by Gasteiger charge is 2.29. The number of carbonyl (C=O) groups is 5. The minimum Gasteiger partial charge on any atom is -0.379 e. The van der Waals surface area contributed by atoms with Crippen molar-refractivity contribution in [3.8, 4) is 57.6 Å². The van der Waals surface area contributed by atoms with Gasteiger partial charge < -0.3 is 65.9 Å². The van der Waals surface area contributed by atoms with Gasteiger partial charge in [0.25, 0.3) is 23.6 Å². The molecule has 35 nitrogen and oxygen atoms in total. The minimum absolute atomic E-state index is 0.0849. The van der Waals surface area contributed by atoms with Crippen LogP contribution in [0.3, 0.4) is 0 Å². The third-order valence-electron chi connectivity index (χ3n) is 22.9. The van der Waals surface area contributed by atoms with Gasteiger partial charge in [-0.25, -0.2) is 56.2 Å². The molecule has 0 bridgehead atoms. The van der Waals surface area contributed by atoms with Gasteiger partial charge in [0.2, 0.25) is 0 Å². The monoisotopic (exact) mass is 1950 g/mol. The number of anilines is 6. The van der Waals surface area contributed by atoms with Gasteiger partial charge in [0.15, 0.2) is 29.1 Å². The van der Waals surface area contributed by atoms with Gasteiger partial charge in [-0.3, -0.25) is 54.5 Å². The summed E-state index contributed by atoms with van der Waals surface area (Å²) in [4.78, 5) is 112. The number of likely N-dealkylation sites (N-methyl/N-ethyl adjacent to an activating group) is 1. The molecule has 11 aromatic heterocycles. The molecule has 4 amide bonds. The minimum atomic E-state index is -0.962. The molecule has 0 unspecified atom stereocenters. The molecule has 15 N–H and O–H groups in total. The van der Waals surface area contributed by atoms with Crippen molar-refractivity contribution >= 4 is 142 Å². The first-order valence-corrected chi connectivity index (χ1v) is 44.7. The highest BCUT2D eigenvalue weighted by molar-refractivity contribution is 6.40. The van der Waals surface area contributed by atoms with Gasteiger partial charge in [-0.2, -0.15) is 25.5 Å². The Hall–Kier alpha value is -17.1. The Balaban J connectivity index is 0.000000117. The number of benzene rings is 9. The van der Waals surface area contributed by atoms with Crippen molar-refractivity contribution in [2.45, 2.75) is 32.9 Å². The number of rotatable bonds is 22. The van der Waals surface area contributed by atoms with Crippen LogP contribution in [0, 0.1) is 34.9 Å². The molecule has 13 heterocycles. The number of carbonyl (C=O) groups excluding carboxylic acids is 5. The first-order valence-electron chi connectivity index (χ1n) is 44.0. The molecule has 2 aliphatic rings. The van der Waals surface area contributed by atoms with Gasteiger partial charge in [0.05, 0.1) is 143 Å². The molecule has 20 aromatic rings. The molecule has 0 saturated carbocycles. The van der Waals surface area contributed by atoms with Crippen molar-refractivity contribution in [2.75, 3.05) is 86.1 Å². The number of fused-ring (bicyclic) bond motifs is 5. The lowest BCUT2D eigenvalue weighted by Crippen LogP contribution is -2.43. The van der Waals surface area contributed by atoms with Crippen molar-refractivity contribution in [1.82, 2.24) is 121 Å². The van der Waals surface area contributed by atoms with Crippen molar-refractivity contribution in [3.05, 3.63) is 315 Å². The van der Waals surface area contributed by atoms with E-state index in [0.717, 1.165) is 178 Å². The Labute approximate surface area is 804 Å². The molecule has 0 aliphatic carbocycles. The number of ether oxygens (including phenoxy) is 1. The Morgan fingerprint density at radius 2 is 0.688 bits per heavy atom. The van der Waals surface area contributed by atoms with E-state index in [1.165, 1.54) is 49.9 Å². The molecule has 0 atom stereocenters. The van der Waals surface area contributed by atoms with Gasteiger partial charge in [0, 0.05) is 65.0 Å². The molecule has 2 aliphatic heterocycles. The highest BCUT2D eigenvalue weighted by Crippen LogP contribution is 2.36. The van der Waals surface area contributed by atoms with E-state index >= 15 is 0 Å². The number of Topliss-reactive ketones (excluding diaryl/α,β-unsaturated/α-hetero) is 1. The standard InChI is InChI=1S/C23H23F2N7O.C22H20F2N6O2.C21H17F2N5O2.C17H11Cl2N5O.C15H12N6/c1-31-8-10-32(11-9-31)13-14-4-2-7-17-20(14)29-22(27-17)21-18(12-26-30-21)28-23(33)19-15(24)5-3-6-16(19)25;23-14-4-2-5-15(24)18(14)22(31)27-17-11-25-29-20(17)21-26-16-6-1-3-13(19(16)28-21)12-30-7-9-32-10-8-30;1-11(29)8-9-12-4-2-7-15-18(12)27-20(25-15)19-16(10-24-28-19)26-21(30)17-13(22)5-3-6-14(17)23;18-9-4-3-5-10(19)14(9)17(25)23-13-8-20-24-15(13)16-21-11-6-1-2-7-12(11)22-16;1-2-6-11-10(5-1)19-15(20-11)14-12(9-17-21-14)18-13-7-3-4-8-16-13/h2-7,12H,8-11,13H2,1H3,(H,26,30)(H,27,29)(H,28,33);1-6,11H,7-10,12H2,(H,25,29)(H,26,28)(H,27,31);2-7,10H,8-9H2,1H3,(H,24,28)(H,25,27)(H,26,30);1-8H,(H,20,24)(H,21,22)(H,23,25);1-9H,(H,16,18)(H,17,21)(H,19,20). The summed E-state index contributed by atoms with van der Waals surface area (Å²) in [5.41, 5.74) is 14.3. The first-order chi connectivity index (χ1) is 68.6. The molecule has 712 valence electrons. The number of aromatic nitrogens is 21. The molecule has 141 heavy (non-hydrogen) atoms. The summed E-state index contributed by atoms with van der Waals surface area (Å²) in [6, 6.07) is 53.3. The average molecular weight is 1950 g/mol. The second-order valence-electron chi connectivity index (χ2n) is 32.4. The summed E-state index contributed by atoms with van der Waals surface area (Å²) in [7, 11) is 2.12. The fourth-order valence-corrected chi connectivity index (χ4v) is 16.3. The van der Waals surface area contributed by atoms with E-state index in [1.807, 2.05) is 115 Å². The maximum atomic E-state index is 14.0. The van der Waals surface area contributed by atoms with Crippen molar-refractivity contribution in [1.29, 1.82) is 0 Å². The van der Waals surface area contributed by atoms with Crippen LogP contribution in [-0.2, 0) is 29.0 Å². The number of pyridine rings is 1. The summed E-state index contributed by atoms with van der Waals surface area (Å²) in [5, 5.41) is 48.2. The summed E-state index contributed by atoms with van der Waals surface area (Å²) in [6.07, 6.45) is 10.00. The fraction of sp³-hybridized carbons (Fsp3) is 0.143. The number of hydrogen-bond acceptors (Lipinski definition) is 21.